The van der Waals surface area contributed by atoms with E-state index >= 15 is 0 Å². The van der Waals surface area contributed by atoms with E-state index in [1.54, 1.807) is 0 Å². The Morgan fingerprint density at radius 1 is 0.230 bits per heavy atom. The molecule has 0 heterocycles. The van der Waals surface area contributed by atoms with Crippen LogP contribution >= 0.6 is 0 Å². The fourth-order valence-electron chi connectivity index (χ4n) is 18.0. The molecule has 0 aromatic heterocycles. The molecule has 16 heteroatoms. The largest absolute Gasteiger partial charge is 0.465 e. The van der Waals surface area contributed by atoms with Crippen molar-refractivity contribution in [3.05, 3.63) is 0 Å². The molecular weight excluding hydrogens is 1570 g/mol. The highest BCUT2D eigenvalue weighted by atomic mass is 16.7. The van der Waals surface area contributed by atoms with Crippen molar-refractivity contribution in [2.24, 2.45) is 23.7 Å². The average Bonchev–Trinajstić information content (AvgIpc) is 0.955. The molecule has 0 bridgehead atoms. The molecule has 0 aromatic carbocycles. The van der Waals surface area contributed by atoms with E-state index in [1.807, 2.05) is 33.3 Å². The van der Waals surface area contributed by atoms with Gasteiger partial charge in [0, 0.05) is 45.0 Å². The maximum atomic E-state index is 13.6. The minimum Gasteiger partial charge on any atom is -0.465 e. The summed E-state index contributed by atoms with van der Waals surface area (Å²) >= 11 is 0. The molecule has 0 amide bonds. The van der Waals surface area contributed by atoms with Crippen molar-refractivity contribution >= 4 is 29.8 Å². The second-order valence-electron chi connectivity index (χ2n) is 39.4. The molecule has 0 saturated heterocycles. The number of carbonyl (C=O) groups is 5. The van der Waals surface area contributed by atoms with Gasteiger partial charge in [-0.05, 0) is 170 Å². The third-order valence-corrected chi connectivity index (χ3v) is 26.5. The highest BCUT2D eigenvalue weighted by Gasteiger charge is 2.24. The average molecular weight is 1790 g/mol. The summed E-state index contributed by atoms with van der Waals surface area (Å²) in [4.78, 5) is 78.6. The quantitative estimate of drug-likeness (QED) is 0.0200. The van der Waals surface area contributed by atoms with Crippen LogP contribution in [0.4, 0.5) is 0 Å². The third kappa shape index (κ3) is 86.5. The number of ether oxygens (including phenoxy) is 5. The minimum absolute atomic E-state index is 0.0148. The number of unbranched alkanes of at least 4 members (excludes halogenated alkanes) is 55. The molecule has 0 spiro atoms. The van der Waals surface area contributed by atoms with Gasteiger partial charge >= 0.3 is 29.8 Å². The predicted molar refractivity (Wildman–Crippen MR) is 535 cm³/mol. The van der Waals surface area contributed by atoms with Crippen LogP contribution in [0.5, 0.6) is 0 Å². The molecule has 5 atom stereocenters. The lowest BCUT2D eigenvalue weighted by Gasteiger charge is -2.23. The summed E-state index contributed by atoms with van der Waals surface area (Å²) in [6.45, 7) is 22.4. The van der Waals surface area contributed by atoms with Gasteiger partial charge in [0.25, 0.3) is 0 Å². The first-order chi connectivity index (χ1) is 61.6. The number of hydrogen-bond acceptors (Lipinski definition) is 16. The lowest BCUT2D eigenvalue weighted by atomic mass is 9.93. The van der Waals surface area contributed by atoms with E-state index in [4.69, 9.17) is 28.5 Å². The Morgan fingerprint density at radius 2 is 0.468 bits per heavy atom. The third-order valence-electron chi connectivity index (χ3n) is 26.5. The van der Waals surface area contributed by atoms with Gasteiger partial charge in [-0.25, -0.2) is 0 Å². The summed E-state index contributed by atoms with van der Waals surface area (Å²) in [5.41, 5.74) is 0. The number of carbonyl (C=O) groups excluding carboxylic acids is 5. The van der Waals surface area contributed by atoms with Gasteiger partial charge in [0.1, 0.15) is 6.61 Å². The van der Waals surface area contributed by atoms with Crippen molar-refractivity contribution in [3.63, 3.8) is 0 Å². The molecule has 0 radical (unpaired) electrons. The first-order valence-corrected chi connectivity index (χ1v) is 55.6. The SMILES string of the molecule is CCCCCCCCC(CCCCCC)C(=O)OCCCCCCCCN(CCCCCCCCOC(=O)C(CCCCCCCC)CCCCCCCCCCCCC(CCCCCCCC)C(=O)OCCCCCCCCN(CCCCCCCCOC(O)C(CCCCCC)CCCCCCCC)CCOC(=O)CCCN(C)C)OC(=O)CCCN(C)C. The van der Waals surface area contributed by atoms with Crippen molar-refractivity contribution in [3.8, 4) is 0 Å². The first kappa shape index (κ1) is 123. The maximum Gasteiger partial charge on any atom is 0.325 e. The van der Waals surface area contributed by atoms with Crippen LogP contribution in [-0.2, 0) is 52.5 Å². The van der Waals surface area contributed by atoms with Gasteiger partial charge < -0.3 is 43.4 Å². The summed E-state index contributed by atoms with van der Waals surface area (Å²) in [7, 11) is 8.16. The van der Waals surface area contributed by atoms with Crippen molar-refractivity contribution in [2.45, 2.75) is 549 Å². The molecule has 0 aliphatic carbocycles. The van der Waals surface area contributed by atoms with Gasteiger partial charge in [0.15, 0.2) is 6.29 Å². The number of nitrogens with zero attached hydrogens (tertiary/aromatic N) is 4. The van der Waals surface area contributed by atoms with Crippen LogP contribution in [0.25, 0.3) is 0 Å². The van der Waals surface area contributed by atoms with E-state index in [-0.39, 0.29) is 53.5 Å². The zero-order chi connectivity index (χ0) is 92.0. The molecule has 1 N–H and O–H groups in total. The predicted octanol–water partition coefficient (Wildman–Crippen LogP) is 30.7. The second kappa shape index (κ2) is 98.1. The summed E-state index contributed by atoms with van der Waals surface area (Å²) < 4.78 is 29.7. The molecule has 0 fully saturated rings. The van der Waals surface area contributed by atoms with Crippen LogP contribution in [0.3, 0.4) is 0 Å². The van der Waals surface area contributed by atoms with Crippen LogP contribution in [-0.4, -0.2) is 168 Å². The van der Waals surface area contributed by atoms with E-state index in [2.05, 4.69) is 56.2 Å². The molecule has 0 aromatic rings. The minimum atomic E-state index is -0.629. The molecule has 0 aliphatic rings. The zero-order valence-electron chi connectivity index (χ0n) is 85.8. The van der Waals surface area contributed by atoms with Gasteiger partial charge in [0.2, 0.25) is 0 Å². The monoisotopic (exact) mass is 1790 g/mol. The number of esters is 4. The highest BCUT2D eigenvalue weighted by molar-refractivity contribution is 5.73. The number of aliphatic hydroxyl groups excluding tert-OH is 1. The number of aliphatic hydroxyl groups is 1. The smallest absolute Gasteiger partial charge is 0.325 e. The van der Waals surface area contributed by atoms with Crippen LogP contribution in [0.15, 0.2) is 0 Å². The molecule has 0 rings (SSSR count). The highest BCUT2D eigenvalue weighted by Crippen LogP contribution is 2.28. The molecule has 5 unspecified atom stereocenters. The van der Waals surface area contributed by atoms with Crippen LogP contribution in [0.2, 0.25) is 0 Å². The topological polar surface area (TPSA) is 174 Å². The lowest BCUT2D eigenvalue weighted by molar-refractivity contribution is -0.191. The summed E-state index contributed by atoms with van der Waals surface area (Å²) in [5.74, 6) is 0.252. The van der Waals surface area contributed by atoms with Gasteiger partial charge in [0.05, 0.1) is 37.6 Å². The Bertz CT molecular complexity index is 2280. The van der Waals surface area contributed by atoms with E-state index < -0.39 is 6.29 Å². The fourth-order valence-corrected chi connectivity index (χ4v) is 18.0. The van der Waals surface area contributed by atoms with Gasteiger partial charge in [-0.15, -0.1) is 5.06 Å². The lowest BCUT2D eigenvalue weighted by Crippen LogP contribution is -2.30. The Morgan fingerprint density at radius 3 is 0.762 bits per heavy atom. The molecular formula is C110H216N4O12. The van der Waals surface area contributed by atoms with E-state index in [0.29, 0.717) is 45.9 Å². The Balaban J connectivity index is 4.90. The molecule has 126 heavy (non-hydrogen) atoms. The van der Waals surface area contributed by atoms with Crippen LogP contribution in [0.1, 0.15) is 542 Å². The Labute approximate surface area is 782 Å². The Hall–Kier alpha value is -2.89. The molecule has 0 saturated carbocycles. The zero-order valence-corrected chi connectivity index (χ0v) is 85.8. The molecule has 748 valence electrons. The van der Waals surface area contributed by atoms with Crippen molar-refractivity contribution in [1.82, 2.24) is 19.8 Å². The van der Waals surface area contributed by atoms with Gasteiger partial charge in [-0.1, -0.05) is 414 Å². The van der Waals surface area contributed by atoms with Crippen LogP contribution in [0, 0.1) is 23.7 Å². The first-order valence-electron chi connectivity index (χ1n) is 55.6. The summed E-state index contributed by atoms with van der Waals surface area (Å²) in [5, 5.41) is 13.0. The number of hydrogen-bond donors (Lipinski definition) is 1. The number of rotatable bonds is 104. The second-order valence-corrected chi connectivity index (χ2v) is 39.4. The summed E-state index contributed by atoms with van der Waals surface area (Å²) in [6, 6.07) is 0. The van der Waals surface area contributed by atoms with Gasteiger partial charge in [-0.3, -0.25) is 28.9 Å². The van der Waals surface area contributed by atoms with Crippen molar-refractivity contribution < 1.29 is 57.6 Å². The standard InChI is InChI=1S/C110H216N4O12/c1-11-17-23-29-47-63-81-101(79-61-27-21-15-5)107(117)122-96-73-57-43-39-53-69-91-113(95-100-121-105(115)87-77-89-111(7)8)92-70-54-40-44-58-74-97-124-109(119)103(83-65-49-31-25-19-13-3)85-67-51-37-35-33-34-36-38-52-68-86-104(84-66-50-32-26-20-14-4)110(120)125-99-76-60-46-42-56-72-94-114(126-106(116)88-78-90-112(9)10)93-71-55-41-45-59-75-98-123-108(118)102(80-62-28-22-16-6)82-64-48-30-24-18-12-2/h101-104,107,117H,11-100H2,1-10H3. The molecule has 16 nitrogen and oxygen atoms in total. The van der Waals surface area contributed by atoms with E-state index in [0.717, 1.165) is 271 Å². The normalized spacial score (nSPS) is 13.0. The Kier molecular flexibility index (Phi) is 95.9. The number of hydroxylamine groups is 2. The summed E-state index contributed by atoms with van der Waals surface area (Å²) in [6.07, 6.45) is 87.9. The van der Waals surface area contributed by atoms with E-state index in [9.17, 15) is 29.1 Å². The van der Waals surface area contributed by atoms with Gasteiger partial charge in [-0.2, -0.15) is 0 Å². The van der Waals surface area contributed by atoms with Crippen molar-refractivity contribution in [1.29, 1.82) is 0 Å². The molecule has 0 aliphatic heterocycles. The van der Waals surface area contributed by atoms with E-state index in [1.165, 1.54) is 263 Å². The fraction of sp³-hybridized carbons (Fsp3) is 0.955. The van der Waals surface area contributed by atoms with Crippen LogP contribution < -0.4 is 0 Å². The maximum absolute atomic E-state index is 13.6. The van der Waals surface area contributed by atoms with Crippen molar-refractivity contribution in [2.75, 3.05) is 107 Å².